The molecule has 6 nitrogen and oxygen atoms in total. The number of carbonyl (C=O) groups excluding carboxylic acids is 2. The Labute approximate surface area is 163 Å². The van der Waals surface area contributed by atoms with E-state index in [4.69, 9.17) is 0 Å². The predicted molar refractivity (Wildman–Crippen MR) is 110 cm³/mol. The van der Waals surface area contributed by atoms with Gasteiger partial charge in [0.05, 0.1) is 17.8 Å². The van der Waals surface area contributed by atoms with Crippen molar-refractivity contribution in [2.75, 3.05) is 23.7 Å². The SMILES string of the molecule is CCCCNCC(=O)Nc1c(C)[nH]c(/C=C2\C(=O)Nc3ccc(F)cc32)c1C. The Morgan fingerprint density at radius 3 is 2.82 bits per heavy atom. The summed E-state index contributed by atoms with van der Waals surface area (Å²) in [5, 5.41) is 8.76. The molecule has 0 unspecified atom stereocenters. The molecular formula is C21H25FN4O2. The van der Waals surface area contributed by atoms with Gasteiger partial charge in [-0.1, -0.05) is 13.3 Å². The van der Waals surface area contributed by atoms with Crippen LogP contribution in [0.5, 0.6) is 0 Å². The van der Waals surface area contributed by atoms with Crippen LogP contribution in [0.4, 0.5) is 15.8 Å². The molecule has 0 atom stereocenters. The number of rotatable bonds is 7. The van der Waals surface area contributed by atoms with E-state index in [0.29, 0.717) is 28.2 Å². The van der Waals surface area contributed by atoms with Crippen LogP contribution in [0.25, 0.3) is 11.6 Å². The summed E-state index contributed by atoms with van der Waals surface area (Å²) in [5.74, 6) is -0.798. The van der Waals surface area contributed by atoms with Crippen molar-refractivity contribution in [2.45, 2.75) is 33.6 Å². The number of carbonyl (C=O) groups is 2. The van der Waals surface area contributed by atoms with E-state index >= 15 is 0 Å². The minimum Gasteiger partial charge on any atom is -0.357 e. The number of nitrogens with one attached hydrogen (secondary N) is 4. The van der Waals surface area contributed by atoms with E-state index in [2.05, 4.69) is 27.9 Å². The van der Waals surface area contributed by atoms with Crippen molar-refractivity contribution >= 4 is 34.8 Å². The van der Waals surface area contributed by atoms with Gasteiger partial charge in [-0.25, -0.2) is 4.39 Å². The minimum atomic E-state index is -0.399. The standard InChI is InChI=1S/C21H25FN4O2/c1-4-5-8-23-11-19(27)26-20-12(2)18(24-13(20)3)10-16-15-9-14(22)6-7-17(15)25-21(16)28/h6-7,9-10,23-24H,4-5,8,11H2,1-3H3,(H,25,28)(H,26,27)/b16-10-. The second kappa shape index (κ2) is 8.39. The monoisotopic (exact) mass is 384 g/mol. The number of aromatic amines is 1. The molecule has 0 radical (unpaired) electrons. The van der Waals surface area contributed by atoms with E-state index in [9.17, 15) is 14.0 Å². The van der Waals surface area contributed by atoms with Crippen molar-refractivity contribution in [3.63, 3.8) is 0 Å². The maximum Gasteiger partial charge on any atom is 0.256 e. The van der Waals surface area contributed by atoms with E-state index in [1.807, 2.05) is 13.8 Å². The van der Waals surface area contributed by atoms with Crippen LogP contribution >= 0.6 is 0 Å². The predicted octanol–water partition coefficient (Wildman–Crippen LogP) is 3.59. The molecule has 0 aliphatic carbocycles. The van der Waals surface area contributed by atoms with E-state index in [0.717, 1.165) is 30.6 Å². The number of amides is 2. The van der Waals surface area contributed by atoms with E-state index in [1.54, 1.807) is 12.1 Å². The van der Waals surface area contributed by atoms with Gasteiger partial charge in [0.1, 0.15) is 5.82 Å². The zero-order valence-electron chi connectivity index (χ0n) is 16.3. The quantitative estimate of drug-likeness (QED) is 0.435. The van der Waals surface area contributed by atoms with Gasteiger partial charge >= 0.3 is 0 Å². The van der Waals surface area contributed by atoms with Crippen molar-refractivity contribution in [1.82, 2.24) is 10.3 Å². The number of H-pyrrole nitrogens is 1. The lowest BCUT2D eigenvalue weighted by Crippen LogP contribution is -2.29. The summed E-state index contributed by atoms with van der Waals surface area (Å²) in [5.41, 5.74) is 4.53. The van der Waals surface area contributed by atoms with Gasteiger partial charge in [0.25, 0.3) is 5.91 Å². The zero-order chi connectivity index (χ0) is 20.3. The zero-order valence-corrected chi connectivity index (χ0v) is 16.3. The molecule has 0 fully saturated rings. The van der Waals surface area contributed by atoms with Crippen LogP contribution in [-0.2, 0) is 9.59 Å². The van der Waals surface area contributed by atoms with Gasteiger partial charge in [0.2, 0.25) is 5.91 Å². The lowest BCUT2D eigenvalue weighted by molar-refractivity contribution is -0.115. The molecule has 1 aliphatic rings. The third-order valence-electron chi connectivity index (χ3n) is 4.79. The van der Waals surface area contributed by atoms with Crippen LogP contribution in [0.1, 0.15) is 42.3 Å². The molecule has 3 rings (SSSR count). The summed E-state index contributed by atoms with van der Waals surface area (Å²) in [4.78, 5) is 27.7. The van der Waals surface area contributed by atoms with Gasteiger partial charge in [0.15, 0.2) is 0 Å². The van der Waals surface area contributed by atoms with Crippen LogP contribution in [-0.4, -0.2) is 29.9 Å². The van der Waals surface area contributed by atoms with Gasteiger partial charge in [0, 0.05) is 22.6 Å². The van der Waals surface area contributed by atoms with Gasteiger partial charge in [-0.3, -0.25) is 9.59 Å². The van der Waals surface area contributed by atoms with Gasteiger partial charge in [-0.15, -0.1) is 0 Å². The molecule has 148 valence electrons. The molecule has 1 aromatic heterocycles. The molecule has 28 heavy (non-hydrogen) atoms. The molecule has 2 amide bonds. The Bertz CT molecular complexity index is 946. The first kappa shape index (κ1) is 19.8. The highest BCUT2D eigenvalue weighted by atomic mass is 19.1. The Balaban J connectivity index is 1.81. The normalized spacial score (nSPS) is 14.3. The molecule has 2 heterocycles. The summed E-state index contributed by atoms with van der Waals surface area (Å²) < 4.78 is 13.6. The first-order valence-corrected chi connectivity index (χ1v) is 9.43. The average molecular weight is 384 g/mol. The molecule has 4 N–H and O–H groups in total. The van der Waals surface area contributed by atoms with Gasteiger partial charge < -0.3 is 20.9 Å². The number of anilines is 2. The first-order valence-electron chi connectivity index (χ1n) is 9.43. The number of hydrogen-bond acceptors (Lipinski definition) is 3. The average Bonchev–Trinajstić information content (AvgIpc) is 3.10. The van der Waals surface area contributed by atoms with Crippen LogP contribution in [0, 0.1) is 19.7 Å². The number of halogens is 1. The minimum absolute atomic E-state index is 0.119. The van der Waals surface area contributed by atoms with Crippen molar-refractivity contribution in [2.24, 2.45) is 0 Å². The molecule has 0 bridgehead atoms. The maximum absolute atomic E-state index is 13.6. The summed E-state index contributed by atoms with van der Waals surface area (Å²) in [6, 6.07) is 4.20. The molecule has 0 spiro atoms. The van der Waals surface area contributed by atoms with Gasteiger partial charge in [-0.2, -0.15) is 0 Å². The topological polar surface area (TPSA) is 86.0 Å². The van der Waals surface area contributed by atoms with Crippen LogP contribution in [0.15, 0.2) is 18.2 Å². The lowest BCUT2D eigenvalue weighted by atomic mass is 10.0. The van der Waals surface area contributed by atoms with Crippen molar-refractivity contribution in [3.05, 3.63) is 46.5 Å². The number of aromatic nitrogens is 1. The van der Waals surface area contributed by atoms with E-state index in [1.165, 1.54) is 12.1 Å². The molecule has 1 aromatic carbocycles. The van der Waals surface area contributed by atoms with Crippen LogP contribution < -0.4 is 16.0 Å². The summed E-state index contributed by atoms with van der Waals surface area (Å²) in [6.07, 6.45) is 3.79. The fourth-order valence-electron chi connectivity index (χ4n) is 3.24. The summed E-state index contributed by atoms with van der Waals surface area (Å²) in [6.45, 7) is 6.88. The summed E-state index contributed by atoms with van der Waals surface area (Å²) in [7, 11) is 0. The number of unbranched alkanes of at least 4 members (excludes halogenated alkanes) is 1. The van der Waals surface area contributed by atoms with Gasteiger partial charge in [-0.05, 0) is 56.7 Å². The van der Waals surface area contributed by atoms with Crippen LogP contribution in [0.2, 0.25) is 0 Å². The fourth-order valence-corrected chi connectivity index (χ4v) is 3.24. The van der Waals surface area contributed by atoms with Crippen LogP contribution in [0.3, 0.4) is 0 Å². The fraction of sp³-hybridized carbons (Fsp3) is 0.333. The highest BCUT2D eigenvalue weighted by Crippen LogP contribution is 2.35. The third kappa shape index (κ3) is 4.14. The molecule has 1 aliphatic heterocycles. The maximum atomic E-state index is 13.6. The van der Waals surface area contributed by atoms with E-state index < -0.39 is 5.82 Å². The Morgan fingerprint density at radius 1 is 1.29 bits per heavy atom. The Hall–Kier alpha value is -2.93. The number of fused-ring (bicyclic) bond motifs is 1. The second-order valence-electron chi connectivity index (χ2n) is 6.94. The second-order valence-corrected chi connectivity index (χ2v) is 6.94. The first-order chi connectivity index (χ1) is 13.4. The lowest BCUT2D eigenvalue weighted by Gasteiger charge is -2.07. The Kier molecular flexibility index (Phi) is 5.94. The van der Waals surface area contributed by atoms with Crippen molar-refractivity contribution < 1.29 is 14.0 Å². The number of hydrogen-bond donors (Lipinski definition) is 4. The molecule has 2 aromatic rings. The molecule has 0 saturated carbocycles. The van der Waals surface area contributed by atoms with E-state index in [-0.39, 0.29) is 18.4 Å². The Morgan fingerprint density at radius 2 is 2.07 bits per heavy atom. The molecule has 7 heteroatoms. The molecular weight excluding hydrogens is 359 g/mol. The van der Waals surface area contributed by atoms with Crippen molar-refractivity contribution in [3.8, 4) is 0 Å². The smallest absolute Gasteiger partial charge is 0.256 e. The molecule has 0 saturated heterocycles. The third-order valence-corrected chi connectivity index (χ3v) is 4.79. The number of aryl methyl sites for hydroxylation is 1. The highest BCUT2D eigenvalue weighted by Gasteiger charge is 2.25. The highest BCUT2D eigenvalue weighted by molar-refractivity contribution is 6.34. The largest absolute Gasteiger partial charge is 0.357 e. The van der Waals surface area contributed by atoms with Crippen molar-refractivity contribution in [1.29, 1.82) is 0 Å². The number of benzene rings is 1. The summed E-state index contributed by atoms with van der Waals surface area (Å²) >= 11 is 0.